The molecule has 0 aromatic heterocycles. The Kier molecular flexibility index (Phi) is 12.2. The van der Waals surface area contributed by atoms with Crippen molar-refractivity contribution in [1.29, 1.82) is 0 Å². The van der Waals surface area contributed by atoms with Gasteiger partial charge in [0.05, 0.1) is 18.6 Å². The van der Waals surface area contributed by atoms with E-state index in [1.807, 2.05) is 30.3 Å². The standard InChI is InChI=1S/C30H42N2O13/c1-30(2,3)29(34)45-23-21-18(15-39-26(44-21)16-11-9-8-10-12-16)42-28(25(23)43-19(33)13-32-31)40-14-17-20(35-4)22(36-5)24(37-6)27(38-7)41-17/h8-13,17-18,20-28H,14-15H2,1-7H3/t17?,18?,20-,21-,22?,23?,24?,25?,26?,27+,28-/m1/s1. The fourth-order valence-electron chi connectivity index (χ4n) is 5.43. The third-order valence-corrected chi connectivity index (χ3v) is 7.69. The van der Waals surface area contributed by atoms with Crippen LogP contribution in [0.15, 0.2) is 30.3 Å². The minimum Gasteiger partial charge on any atom is -0.455 e. The van der Waals surface area contributed by atoms with Crippen LogP contribution in [0.3, 0.4) is 0 Å². The Morgan fingerprint density at radius 2 is 1.56 bits per heavy atom. The van der Waals surface area contributed by atoms with Gasteiger partial charge in [-0.3, -0.25) is 4.79 Å². The summed E-state index contributed by atoms with van der Waals surface area (Å²) in [6.07, 6.45) is -9.31. The van der Waals surface area contributed by atoms with Crippen molar-refractivity contribution in [2.75, 3.05) is 41.7 Å². The topological polar surface area (TPSA) is 172 Å². The van der Waals surface area contributed by atoms with Crippen molar-refractivity contribution in [2.45, 2.75) is 88.5 Å². The molecule has 0 saturated carbocycles. The molecule has 0 aliphatic carbocycles. The molecule has 1 aromatic carbocycles. The molecule has 0 radical (unpaired) electrons. The minimum absolute atomic E-state index is 0.0417. The van der Waals surface area contributed by atoms with Gasteiger partial charge < -0.3 is 57.6 Å². The summed E-state index contributed by atoms with van der Waals surface area (Å²) < 4.78 is 64.8. The number of ether oxygens (including phenoxy) is 11. The van der Waals surface area contributed by atoms with Crippen molar-refractivity contribution in [3.8, 4) is 0 Å². The highest BCUT2D eigenvalue weighted by molar-refractivity contribution is 6.20. The highest BCUT2D eigenvalue weighted by atomic mass is 16.8. The molecule has 15 nitrogen and oxygen atoms in total. The van der Waals surface area contributed by atoms with Crippen LogP contribution < -0.4 is 0 Å². The summed E-state index contributed by atoms with van der Waals surface area (Å²) in [6, 6.07) is 9.19. The molecule has 0 spiro atoms. The fraction of sp³-hybridized carbons (Fsp3) is 0.700. The lowest BCUT2D eigenvalue weighted by atomic mass is 9.94. The Morgan fingerprint density at radius 1 is 0.867 bits per heavy atom. The molecule has 7 unspecified atom stereocenters. The first-order valence-corrected chi connectivity index (χ1v) is 14.5. The summed E-state index contributed by atoms with van der Waals surface area (Å²) in [7, 11) is 5.99. The van der Waals surface area contributed by atoms with E-state index in [0.29, 0.717) is 6.21 Å². The van der Waals surface area contributed by atoms with Gasteiger partial charge in [-0.2, -0.15) is 4.79 Å². The third kappa shape index (κ3) is 8.13. The van der Waals surface area contributed by atoms with Gasteiger partial charge in [0.2, 0.25) is 0 Å². The van der Waals surface area contributed by atoms with Gasteiger partial charge in [0.1, 0.15) is 36.6 Å². The monoisotopic (exact) mass is 638 g/mol. The number of methoxy groups -OCH3 is 4. The molecular weight excluding hydrogens is 596 g/mol. The van der Waals surface area contributed by atoms with Crippen LogP contribution >= 0.6 is 0 Å². The first kappa shape index (κ1) is 35.0. The van der Waals surface area contributed by atoms with Gasteiger partial charge in [-0.15, -0.1) is 0 Å². The lowest BCUT2D eigenvalue weighted by Gasteiger charge is -2.49. The normalized spacial score (nSPS) is 35.0. The van der Waals surface area contributed by atoms with E-state index < -0.39 is 85.1 Å². The van der Waals surface area contributed by atoms with Gasteiger partial charge in [-0.25, -0.2) is 4.79 Å². The summed E-state index contributed by atoms with van der Waals surface area (Å²) in [5, 5.41) is 0. The predicted octanol–water partition coefficient (Wildman–Crippen LogP) is 1.43. The van der Waals surface area contributed by atoms with Crippen LogP contribution in [0.1, 0.15) is 32.6 Å². The molecule has 250 valence electrons. The van der Waals surface area contributed by atoms with Gasteiger partial charge in [0, 0.05) is 34.0 Å². The van der Waals surface area contributed by atoms with Gasteiger partial charge in [-0.05, 0) is 20.8 Å². The number of esters is 2. The highest BCUT2D eigenvalue weighted by Crippen LogP contribution is 2.38. The number of carbonyl (C=O) groups is 2. The van der Waals surface area contributed by atoms with Crippen LogP contribution in [0, 0.1) is 5.41 Å². The van der Waals surface area contributed by atoms with Gasteiger partial charge in [0.15, 0.2) is 31.1 Å². The maximum Gasteiger partial charge on any atom is 0.414 e. The van der Waals surface area contributed by atoms with E-state index in [0.717, 1.165) is 5.56 Å². The molecule has 45 heavy (non-hydrogen) atoms. The zero-order valence-corrected chi connectivity index (χ0v) is 26.4. The van der Waals surface area contributed by atoms with Gasteiger partial charge in [-0.1, -0.05) is 30.3 Å². The molecule has 0 N–H and O–H groups in total. The summed E-state index contributed by atoms with van der Waals surface area (Å²) in [4.78, 5) is 28.6. The van der Waals surface area contributed by atoms with E-state index in [2.05, 4.69) is 4.79 Å². The predicted molar refractivity (Wildman–Crippen MR) is 152 cm³/mol. The van der Waals surface area contributed by atoms with Crippen LogP contribution in [0.5, 0.6) is 0 Å². The second-order valence-electron chi connectivity index (χ2n) is 11.7. The van der Waals surface area contributed by atoms with Crippen LogP contribution in [0.4, 0.5) is 0 Å². The van der Waals surface area contributed by atoms with E-state index in [4.69, 9.17) is 57.6 Å². The SMILES string of the molecule is COC1C(OC)[C@H](OC)C(CO[C@@H]2OC3COC(c4ccccc4)O[C@H]3C(OC(=O)C(C)(C)C)C2OC(=O)C=[N+]=[N-])O[C@@H]1OC. The molecule has 0 amide bonds. The Hall–Kier alpha value is -2.82. The molecule has 3 heterocycles. The lowest BCUT2D eigenvalue weighted by Crippen LogP contribution is -2.65. The number of hydrogen-bond donors (Lipinski definition) is 0. The summed E-state index contributed by atoms with van der Waals surface area (Å²) in [5.74, 6) is -1.62. The third-order valence-electron chi connectivity index (χ3n) is 7.69. The van der Waals surface area contributed by atoms with Crippen LogP contribution in [0.2, 0.25) is 0 Å². The number of hydrogen-bond acceptors (Lipinski definition) is 13. The lowest BCUT2D eigenvalue weighted by molar-refractivity contribution is -0.369. The minimum atomic E-state index is -1.37. The molecule has 0 bridgehead atoms. The first-order valence-electron chi connectivity index (χ1n) is 14.5. The van der Waals surface area contributed by atoms with Crippen molar-refractivity contribution in [3.63, 3.8) is 0 Å². The van der Waals surface area contributed by atoms with E-state index in [1.54, 1.807) is 20.8 Å². The van der Waals surface area contributed by atoms with E-state index >= 15 is 0 Å². The second kappa shape index (κ2) is 15.6. The van der Waals surface area contributed by atoms with Crippen molar-refractivity contribution < 1.29 is 66.5 Å². The number of benzene rings is 1. The fourth-order valence-corrected chi connectivity index (χ4v) is 5.43. The van der Waals surface area contributed by atoms with Gasteiger partial charge in [0.25, 0.3) is 0 Å². The molecule has 4 rings (SSSR count). The molecule has 11 atom stereocenters. The van der Waals surface area contributed by atoms with Crippen LogP contribution in [0.25, 0.3) is 5.53 Å². The van der Waals surface area contributed by atoms with Gasteiger partial charge >= 0.3 is 18.2 Å². The van der Waals surface area contributed by atoms with Crippen molar-refractivity contribution >= 4 is 18.2 Å². The summed E-state index contributed by atoms with van der Waals surface area (Å²) >= 11 is 0. The number of rotatable bonds is 11. The molecule has 3 saturated heterocycles. The maximum atomic E-state index is 13.2. The first-order chi connectivity index (χ1) is 21.6. The zero-order valence-electron chi connectivity index (χ0n) is 26.4. The number of fused-ring (bicyclic) bond motifs is 1. The highest BCUT2D eigenvalue weighted by Gasteiger charge is 2.56. The number of carbonyl (C=O) groups excluding carboxylic acids is 2. The Bertz CT molecular complexity index is 1170. The van der Waals surface area contributed by atoms with E-state index in [-0.39, 0.29) is 13.2 Å². The summed E-state index contributed by atoms with van der Waals surface area (Å²) in [5.41, 5.74) is 8.79. The number of nitrogens with zero attached hydrogens (tertiary/aromatic N) is 2. The molecule has 1 aromatic rings. The Morgan fingerprint density at radius 3 is 2.16 bits per heavy atom. The Labute approximate surface area is 261 Å². The van der Waals surface area contributed by atoms with E-state index in [1.165, 1.54) is 28.4 Å². The largest absolute Gasteiger partial charge is 0.455 e. The van der Waals surface area contributed by atoms with Crippen LogP contribution in [-0.2, 0) is 61.7 Å². The Balaban J connectivity index is 1.64. The molecule has 3 aliphatic rings. The quantitative estimate of drug-likeness (QED) is 0.148. The maximum absolute atomic E-state index is 13.2. The second-order valence-corrected chi connectivity index (χ2v) is 11.7. The zero-order chi connectivity index (χ0) is 32.7. The van der Waals surface area contributed by atoms with E-state index in [9.17, 15) is 9.59 Å². The summed E-state index contributed by atoms with van der Waals surface area (Å²) in [6.45, 7) is 4.95. The molecule has 15 heteroatoms. The smallest absolute Gasteiger partial charge is 0.414 e. The van der Waals surface area contributed by atoms with Crippen molar-refractivity contribution in [2.24, 2.45) is 5.41 Å². The van der Waals surface area contributed by atoms with Crippen molar-refractivity contribution in [1.82, 2.24) is 0 Å². The molecular formula is C30H42N2O13. The van der Waals surface area contributed by atoms with Crippen molar-refractivity contribution in [3.05, 3.63) is 41.4 Å². The van der Waals surface area contributed by atoms with Crippen LogP contribution in [-0.4, -0.2) is 126 Å². The molecule has 3 aliphatic heterocycles. The average Bonchev–Trinajstić information content (AvgIpc) is 3.03. The molecule has 3 fully saturated rings. The average molecular weight is 639 g/mol.